The van der Waals surface area contributed by atoms with Crippen LogP contribution in [-0.2, 0) is 19.6 Å². The average molecular weight is 366 g/mol. The van der Waals surface area contributed by atoms with Crippen LogP contribution in [0.2, 0.25) is 0 Å². The van der Waals surface area contributed by atoms with Crippen LogP contribution < -0.4 is 4.72 Å². The average Bonchev–Trinajstić information content (AvgIpc) is 2.38. The fourth-order valence-electron chi connectivity index (χ4n) is 1.36. The number of aromatic carboxylic acids is 1. The molecule has 0 aliphatic heterocycles. The Balaban J connectivity index is 3.23. The first-order valence-corrected chi connectivity index (χ1v) is 7.56. The number of ether oxygens (including phenoxy) is 1. The molecule has 0 aliphatic rings. The summed E-state index contributed by atoms with van der Waals surface area (Å²) in [5, 5.41) is 8.94. The van der Waals surface area contributed by atoms with E-state index in [1.54, 1.807) is 0 Å². The van der Waals surface area contributed by atoms with Gasteiger partial charge < -0.3 is 9.84 Å². The first-order valence-electron chi connectivity index (χ1n) is 5.29. The van der Waals surface area contributed by atoms with Crippen molar-refractivity contribution in [2.45, 2.75) is 11.8 Å². The van der Waals surface area contributed by atoms with E-state index in [1.165, 1.54) is 13.0 Å². The number of sulfonamides is 1. The van der Waals surface area contributed by atoms with Gasteiger partial charge in [0.25, 0.3) is 0 Å². The molecule has 0 saturated carbocycles. The minimum atomic E-state index is -4.02. The van der Waals surface area contributed by atoms with Crippen LogP contribution in [0.3, 0.4) is 0 Å². The zero-order valence-corrected chi connectivity index (χ0v) is 13.0. The summed E-state index contributed by atoms with van der Waals surface area (Å²) < 4.78 is 30.9. The number of esters is 1. The third-order valence-corrected chi connectivity index (χ3v) is 4.82. The molecule has 0 aromatic heterocycles. The van der Waals surface area contributed by atoms with E-state index in [9.17, 15) is 18.0 Å². The molecule has 0 atom stereocenters. The van der Waals surface area contributed by atoms with Crippen LogP contribution in [0.25, 0.3) is 0 Å². The maximum Gasteiger partial charge on any atom is 0.335 e. The third kappa shape index (κ3) is 3.78. The predicted octanol–water partition coefficient (Wildman–Crippen LogP) is 0.907. The van der Waals surface area contributed by atoms with Gasteiger partial charge in [0.15, 0.2) is 0 Å². The Morgan fingerprint density at radius 1 is 1.40 bits per heavy atom. The monoisotopic (exact) mass is 365 g/mol. The maximum absolute atomic E-state index is 12.1. The first kappa shape index (κ1) is 16.6. The van der Waals surface area contributed by atoms with E-state index < -0.39 is 28.5 Å². The lowest BCUT2D eigenvalue weighted by atomic mass is 10.1. The summed E-state index contributed by atoms with van der Waals surface area (Å²) in [7, 11) is -2.89. The number of carboxylic acid groups (broad SMARTS) is 1. The molecule has 110 valence electrons. The summed E-state index contributed by atoms with van der Waals surface area (Å²) in [6, 6.07) is 2.33. The summed E-state index contributed by atoms with van der Waals surface area (Å²) in [5.41, 5.74) is 0.160. The number of nitrogens with one attached hydrogen (secondary N) is 1. The predicted molar refractivity (Wildman–Crippen MR) is 73.0 cm³/mol. The second-order valence-corrected chi connectivity index (χ2v) is 6.38. The van der Waals surface area contributed by atoms with Crippen molar-refractivity contribution >= 4 is 37.9 Å². The van der Waals surface area contributed by atoms with Gasteiger partial charge in [-0.05, 0) is 24.6 Å². The smallest absolute Gasteiger partial charge is 0.335 e. The number of carboxylic acids is 1. The van der Waals surface area contributed by atoms with Gasteiger partial charge in [-0.25, -0.2) is 13.2 Å². The van der Waals surface area contributed by atoms with Crippen molar-refractivity contribution < 1.29 is 27.9 Å². The molecule has 20 heavy (non-hydrogen) atoms. The lowest BCUT2D eigenvalue weighted by Crippen LogP contribution is -2.30. The molecule has 0 bridgehead atoms. The molecular weight excluding hydrogens is 354 g/mol. The molecule has 2 N–H and O–H groups in total. The molecule has 0 saturated heterocycles. The SMILES string of the molecule is COC(=O)CNS(=O)(=O)c1cc(C(=O)O)cc(Br)c1C. The minimum Gasteiger partial charge on any atom is -0.478 e. The molecule has 1 aromatic rings. The number of hydrogen-bond acceptors (Lipinski definition) is 5. The highest BCUT2D eigenvalue weighted by Crippen LogP contribution is 2.25. The summed E-state index contributed by atoms with van der Waals surface area (Å²) >= 11 is 3.10. The molecule has 9 heteroatoms. The maximum atomic E-state index is 12.1. The van der Waals surface area contributed by atoms with E-state index in [2.05, 4.69) is 20.7 Å². The van der Waals surface area contributed by atoms with Crippen molar-refractivity contribution in [3.63, 3.8) is 0 Å². The van der Waals surface area contributed by atoms with Gasteiger partial charge >= 0.3 is 11.9 Å². The van der Waals surface area contributed by atoms with E-state index in [0.29, 0.717) is 10.0 Å². The molecule has 0 aliphatic carbocycles. The van der Waals surface area contributed by atoms with Gasteiger partial charge in [0.05, 0.1) is 17.6 Å². The number of hydrogen-bond donors (Lipinski definition) is 2. The van der Waals surface area contributed by atoms with Crippen molar-refractivity contribution in [1.29, 1.82) is 0 Å². The number of carbonyl (C=O) groups is 2. The fourth-order valence-corrected chi connectivity index (χ4v) is 3.21. The number of carbonyl (C=O) groups excluding carboxylic acids is 1. The van der Waals surface area contributed by atoms with Gasteiger partial charge in [0.2, 0.25) is 10.0 Å². The highest BCUT2D eigenvalue weighted by Gasteiger charge is 2.22. The Morgan fingerprint density at radius 3 is 2.50 bits per heavy atom. The largest absolute Gasteiger partial charge is 0.478 e. The van der Waals surface area contributed by atoms with E-state index in [4.69, 9.17) is 5.11 Å². The molecule has 0 radical (unpaired) electrons. The summed E-state index contributed by atoms with van der Waals surface area (Å²) in [5.74, 6) is -2.00. The highest BCUT2D eigenvalue weighted by atomic mass is 79.9. The second-order valence-electron chi connectivity index (χ2n) is 3.79. The molecular formula is C11H12BrNO6S. The van der Waals surface area contributed by atoms with Gasteiger partial charge in [0.1, 0.15) is 6.54 Å². The quantitative estimate of drug-likeness (QED) is 0.750. The standard InChI is InChI=1S/C11H12BrNO6S/c1-6-8(12)3-7(11(15)16)4-9(6)20(17,18)13-5-10(14)19-2/h3-4,13H,5H2,1-2H3,(H,15,16). The lowest BCUT2D eigenvalue weighted by Gasteiger charge is -2.11. The molecule has 0 amide bonds. The van der Waals surface area contributed by atoms with Crippen LogP contribution in [0.4, 0.5) is 0 Å². The minimum absolute atomic E-state index is 0.180. The second kappa shape index (κ2) is 6.33. The van der Waals surface area contributed by atoms with Crippen molar-refractivity contribution in [3.8, 4) is 0 Å². The van der Waals surface area contributed by atoms with E-state index in [-0.39, 0.29) is 10.5 Å². The first-order chi connectivity index (χ1) is 9.19. The lowest BCUT2D eigenvalue weighted by molar-refractivity contribution is -0.139. The summed E-state index contributed by atoms with van der Waals surface area (Å²) in [4.78, 5) is 21.7. The normalized spacial score (nSPS) is 11.2. The van der Waals surface area contributed by atoms with Crippen LogP contribution in [-0.4, -0.2) is 39.1 Å². The van der Waals surface area contributed by atoms with Crippen molar-refractivity contribution in [3.05, 3.63) is 27.7 Å². The van der Waals surface area contributed by atoms with E-state index >= 15 is 0 Å². The van der Waals surface area contributed by atoms with Crippen LogP contribution in [0, 0.1) is 6.92 Å². The Bertz CT molecular complexity index is 655. The molecule has 1 aromatic carbocycles. The Hall–Kier alpha value is -1.45. The van der Waals surface area contributed by atoms with Gasteiger partial charge in [-0.1, -0.05) is 15.9 Å². The van der Waals surface area contributed by atoms with Crippen LogP contribution in [0.5, 0.6) is 0 Å². The molecule has 0 unspecified atom stereocenters. The third-order valence-electron chi connectivity index (χ3n) is 2.47. The Labute approximate surface area is 124 Å². The van der Waals surface area contributed by atoms with Gasteiger partial charge in [-0.3, -0.25) is 4.79 Å². The molecule has 0 spiro atoms. The molecule has 1 rings (SSSR count). The van der Waals surface area contributed by atoms with Crippen LogP contribution >= 0.6 is 15.9 Å². The van der Waals surface area contributed by atoms with E-state index in [1.807, 2.05) is 4.72 Å². The van der Waals surface area contributed by atoms with Gasteiger partial charge in [-0.2, -0.15) is 4.72 Å². The zero-order chi connectivity index (χ0) is 15.5. The van der Waals surface area contributed by atoms with Gasteiger partial charge in [0, 0.05) is 4.47 Å². The number of halogens is 1. The van der Waals surface area contributed by atoms with Crippen LogP contribution in [0.15, 0.2) is 21.5 Å². The molecule has 0 heterocycles. The van der Waals surface area contributed by atoms with Crippen molar-refractivity contribution in [2.24, 2.45) is 0 Å². The zero-order valence-electron chi connectivity index (χ0n) is 10.6. The summed E-state index contributed by atoms with van der Waals surface area (Å²) in [6.07, 6.45) is 0. The molecule has 0 fully saturated rings. The molecule has 7 nitrogen and oxygen atoms in total. The Kier molecular flexibility index (Phi) is 5.26. The number of methoxy groups -OCH3 is 1. The summed E-state index contributed by atoms with van der Waals surface area (Å²) in [6.45, 7) is 0.982. The van der Waals surface area contributed by atoms with E-state index in [0.717, 1.165) is 13.2 Å². The van der Waals surface area contributed by atoms with Crippen LogP contribution in [0.1, 0.15) is 15.9 Å². The number of rotatable bonds is 5. The fraction of sp³-hybridized carbons (Fsp3) is 0.273. The van der Waals surface area contributed by atoms with Gasteiger partial charge in [-0.15, -0.1) is 0 Å². The number of benzene rings is 1. The van der Waals surface area contributed by atoms with Crippen molar-refractivity contribution in [1.82, 2.24) is 4.72 Å². The topological polar surface area (TPSA) is 110 Å². The van der Waals surface area contributed by atoms with Crippen molar-refractivity contribution in [2.75, 3.05) is 13.7 Å². The Morgan fingerprint density at radius 2 is 2.00 bits per heavy atom. The highest BCUT2D eigenvalue weighted by molar-refractivity contribution is 9.10.